The number of anilines is 2. The van der Waals surface area contributed by atoms with Gasteiger partial charge in [-0.15, -0.1) is 0 Å². The molecule has 0 aliphatic rings. The van der Waals surface area contributed by atoms with Crippen LogP contribution in [0.1, 0.15) is 25.0 Å². The van der Waals surface area contributed by atoms with Gasteiger partial charge < -0.3 is 4.90 Å². The molecule has 0 saturated carbocycles. The van der Waals surface area contributed by atoms with Crippen LogP contribution < -0.4 is 4.90 Å². The topological polar surface area (TPSA) is 3.24 Å². The molecule has 2 aromatic carbocycles. The standard InChI is InChI=1S/C17H21N/c1-4-14-10-9-13-17(16(14)5-2)18(3)15-11-7-6-8-12-15/h6-13H,4-5H2,1-3H3. The highest BCUT2D eigenvalue weighted by molar-refractivity contribution is 5.67. The van der Waals surface area contributed by atoms with Gasteiger partial charge >= 0.3 is 0 Å². The quantitative estimate of drug-likeness (QED) is 0.755. The minimum atomic E-state index is 1.08. The lowest BCUT2D eigenvalue weighted by atomic mass is 10.00. The highest BCUT2D eigenvalue weighted by Gasteiger charge is 2.10. The largest absolute Gasteiger partial charge is 0.344 e. The molecule has 0 N–H and O–H groups in total. The van der Waals surface area contributed by atoms with Gasteiger partial charge in [0.1, 0.15) is 0 Å². The molecule has 0 radical (unpaired) electrons. The lowest BCUT2D eigenvalue weighted by Crippen LogP contribution is -2.12. The van der Waals surface area contributed by atoms with Gasteiger partial charge in [0.25, 0.3) is 0 Å². The molecule has 0 amide bonds. The highest BCUT2D eigenvalue weighted by Crippen LogP contribution is 2.29. The zero-order valence-corrected chi connectivity index (χ0v) is 11.5. The summed E-state index contributed by atoms with van der Waals surface area (Å²) in [6, 6.07) is 17.1. The first-order valence-electron chi connectivity index (χ1n) is 6.67. The molecule has 18 heavy (non-hydrogen) atoms. The Hall–Kier alpha value is -1.76. The van der Waals surface area contributed by atoms with Crippen molar-refractivity contribution in [3.8, 4) is 0 Å². The SMILES string of the molecule is CCc1cccc(N(C)c2ccccc2)c1CC. The van der Waals surface area contributed by atoms with Crippen molar-refractivity contribution in [1.82, 2.24) is 0 Å². The molecule has 0 aromatic heterocycles. The van der Waals surface area contributed by atoms with Gasteiger partial charge in [-0.1, -0.05) is 44.2 Å². The molecule has 0 unspecified atom stereocenters. The van der Waals surface area contributed by atoms with Crippen LogP contribution in [0.3, 0.4) is 0 Å². The molecule has 0 bridgehead atoms. The predicted molar refractivity (Wildman–Crippen MR) is 79.7 cm³/mol. The lowest BCUT2D eigenvalue weighted by Gasteiger charge is -2.24. The first kappa shape index (κ1) is 12.7. The van der Waals surface area contributed by atoms with Gasteiger partial charge in [-0.3, -0.25) is 0 Å². The smallest absolute Gasteiger partial charge is 0.0443 e. The summed E-state index contributed by atoms with van der Waals surface area (Å²) in [7, 11) is 2.14. The van der Waals surface area contributed by atoms with E-state index in [4.69, 9.17) is 0 Å². The van der Waals surface area contributed by atoms with E-state index in [1.165, 1.54) is 22.5 Å². The van der Waals surface area contributed by atoms with E-state index >= 15 is 0 Å². The minimum Gasteiger partial charge on any atom is -0.344 e. The number of benzene rings is 2. The molecule has 94 valence electrons. The van der Waals surface area contributed by atoms with E-state index in [2.05, 4.69) is 74.3 Å². The van der Waals surface area contributed by atoms with Crippen LogP contribution in [0.25, 0.3) is 0 Å². The van der Waals surface area contributed by atoms with Crippen LogP contribution >= 0.6 is 0 Å². The fourth-order valence-electron chi connectivity index (χ4n) is 2.47. The molecule has 0 heterocycles. The summed E-state index contributed by atoms with van der Waals surface area (Å²) in [6.07, 6.45) is 2.18. The Kier molecular flexibility index (Phi) is 4.03. The van der Waals surface area contributed by atoms with Crippen molar-refractivity contribution >= 4 is 11.4 Å². The third-order valence-electron chi connectivity index (χ3n) is 3.49. The molecule has 0 saturated heterocycles. The van der Waals surface area contributed by atoms with Crippen LogP contribution in [0.5, 0.6) is 0 Å². The molecule has 0 atom stereocenters. The number of hydrogen-bond donors (Lipinski definition) is 0. The first-order chi connectivity index (χ1) is 8.77. The van der Waals surface area contributed by atoms with Crippen LogP contribution in [0.15, 0.2) is 48.5 Å². The Balaban J connectivity index is 2.45. The summed E-state index contributed by atoms with van der Waals surface area (Å²) < 4.78 is 0. The van der Waals surface area contributed by atoms with Gasteiger partial charge in [0.2, 0.25) is 0 Å². The van der Waals surface area contributed by atoms with E-state index in [0.29, 0.717) is 0 Å². The van der Waals surface area contributed by atoms with Crippen molar-refractivity contribution in [2.24, 2.45) is 0 Å². The second-order valence-electron chi connectivity index (χ2n) is 4.52. The maximum absolute atomic E-state index is 2.28. The van der Waals surface area contributed by atoms with Crippen molar-refractivity contribution < 1.29 is 0 Å². The highest BCUT2D eigenvalue weighted by atomic mass is 15.1. The average Bonchev–Trinajstić information content (AvgIpc) is 2.46. The van der Waals surface area contributed by atoms with Gasteiger partial charge in [-0.25, -0.2) is 0 Å². The van der Waals surface area contributed by atoms with E-state index in [0.717, 1.165) is 12.8 Å². The van der Waals surface area contributed by atoms with E-state index in [9.17, 15) is 0 Å². The minimum absolute atomic E-state index is 1.08. The Bertz CT molecular complexity index is 502. The third-order valence-corrected chi connectivity index (χ3v) is 3.49. The number of hydrogen-bond acceptors (Lipinski definition) is 1. The summed E-state index contributed by atoms with van der Waals surface area (Å²) in [4.78, 5) is 2.28. The van der Waals surface area contributed by atoms with Crippen molar-refractivity contribution in [2.45, 2.75) is 26.7 Å². The molecule has 0 aliphatic heterocycles. The van der Waals surface area contributed by atoms with E-state index in [1.807, 2.05) is 0 Å². The van der Waals surface area contributed by atoms with Crippen molar-refractivity contribution in [2.75, 3.05) is 11.9 Å². The van der Waals surface area contributed by atoms with Gasteiger partial charge in [0.15, 0.2) is 0 Å². The van der Waals surface area contributed by atoms with Crippen LogP contribution in [0, 0.1) is 0 Å². The van der Waals surface area contributed by atoms with E-state index in [-0.39, 0.29) is 0 Å². The Labute approximate surface area is 110 Å². The molecule has 0 aliphatic carbocycles. The normalized spacial score (nSPS) is 10.4. The molecule has 1 heteroatoms. The van der Waals surface area contributed by atoms with Gasteiger partial charge in [0.05, 0.1) is 0 Å². The number of rotatable bonds is 4. The number of aryl methyl sites for hydroxylation is 1. The van der Waals surface area contributed by atoms with Crippen LogP contribution in [0.4, 0.5) is 11.4 Å². The maximum atomic E-state index is 2.28. The second kappa shape index (κ2) is 5.72. The first-order valence-corrected chi connectivity index (χ1v) is 6.67. The summed E-state index contributed by atoms with van der Waals surface area (Å²) in [5, 5.41) is 0. The molecule has 0 fully saturated rings. The molecule has 2 rings (SSSR count). The molecule has 0 spiro atoms. The monoisotopic (exact) mass is 239 g/mol. The maximum Gasteiger partial charge on any atom is 0.0443 e. The molecular weight excluding hydrogens is 218 g/mol. The molecular formula is C17H21N. The lowest BCUT2D eigenvalue weighted by molar-refractivity contribution is 1.02. The zero-order valence-electron chi connectivity index (χ0n) is 11.5. The summed E-state index contributed by atoms with van der Waals surface area (Å²) in [5.74, 6) is 0. The summed E-state index contributed by atoms with van der Waals surface area (Å²) >= 11 is 0. The van der Waals surface area contributed by atoms with Crippen molar-refractivity contribution in [1.29, 1.82) is 0 Å². The van der Waals surface area contributed by atoms with Gasteiger partial charge in [-0.05, 0) is 42.2 Å². The van der Waals surface area contributed by atoms with E-state index in [1.54, 1.807) is 0 Å². The Morgan fingerprint density at radius 1 is 0.833 bits per heavy atom. The Morgan fingerprint density at radius 2 is 1.56 bits per heavy atom. The van der Waals surface area contributed by atoms with Gasteiger partial charge in [-0.2, -0.15) is 0 Å². The van der Waals surface area contributed by atoms with Crippen molar-refractivity contribution in [3.63, 3.8) is 0 Å². The second-order valence-corrected chi connectivity index (χ2v) is 4.52. The van der Waals surface area contributed by atoms with Gasteiger partial charge in [0, 0.05) is 18.4 Å². The summed E-state index contributed by atoms with van der Waals surface area (Å²) in [6.45, 7) is 4.46. The fourth-order valence-corrected chi connectivity index (χ4v) is 2.47. The average molecular weight is 239 g/mol. The van der Waals surface area contributed by atoms with Crippen LogP contribution in [0.2, 0.25) is 0 Å². The predicted octanol–water partition coefficient (Wildman–Crippen LogP) is 4.58. The number of para-hydroxylation sites is 1. The van der Waals surface area contributed by atoms with Crippen molar-refractivity contribution in [3.05, 3.63) is 59.7 Å². The van der Waals surface area contributed by atoms with Crippen LogP contribution in [-0.2, 0) is 12.8 Å². The zero-order chi connectivity index (χ0) is 13.0. The third kappa shape index (κ3) is 2.40. The molecule has 1 nitrogen and oxygen atoms in total. The number of nitrogens with zero attached hydrogens (tertiary/aromatic N) is 1. The van der Waals surface area contributed by atoms with Crippen LogP contribution in [-0.4, -0.2) is 7.05 Å². The van der Waals surface area contributed by atoms with E-state index < -0.39 is 0 Å². The Morgan fingerprint density at radius 3 is 2.17 bits per heavy atom. The molecule has 2 aromatic rings. The fraction of sp³-hybridized carbons (Fsp3) is 0.294. The summed E-state index contributed by atoms with van der Waals surface area (Å²) in [5.41, 5.74) is 5.48.